The highest BCUT2D eigenvalue weighted by Gasteiger charge is 2.18. The van der Waals surface area contributed by atoms with Gasteiger partial charge in [-0.25, -0.2) is 4.99 Å². The molecule has 1 aromatic carbocycles. The van der Waals surface area contributed by atoms with Gasteiger partial charge in [0.15, 0.2) is 0 Å². The number of nitrogens with two attached hydrogens (primary N) is 2. The Bertz CT molecular complexity index is 853. The number of thioether (sulfide) groups is 1. The molecule has 1 aliphatic rings. The summed E-state index contributed by atoms with van der Waals surface area (Å²) in [7, 11) is 2.09. The molecule has 0 aromatic heterocycles. The first-order valence-corrected chi connectivity index (χ1v) is 10.6. The van der Waals surface area contributed by atoms with Gasteiger partial charge in [-0.3, -0.25) is 0 Å². The molecule has 1 heterocycles. The molecule has 160 valence electrons. The smallest absolute Gasteiger partial charge is 0.224 e. The Hall–Kier alpha value is -2.68. The van der Waals surface area contributed by atoms with Gasteiger partial charge in [0.2, 0.25) is 11.9 Å². The van der Waals surface area contributed by atoms with Crippen molar-refractivity contribution in [2.75, 3.05) is 33.2 Å². The van der Waals surface area contributed by atoms with E-state index in [0.717, 1.165) is 43.5 Å². The minimum atomic E-state index is 0.0651. The van der Waals surface area contributed by atoms with Crippen molar-refractivity contribution in [3.63, 3.8) is 0 Å². The maximum absolute atomic E-state index is 6.04. The average molecular weight is 446 g/mol. The second-order valence-corrected chi connectivity index (χ2v) is 8.30. The van der Waals surface area contributed by atoms with Gasteiger partial charge in [-0.15, -0.1) is 0 Å². The first-order chi connectivity index (χ1) is 14.4. The third kappa shape index (κ3) is 8.36. The van der Waals surface area contributed by atoms with Crippen LogP contribution in [0.2, 0.25) is 0 Å². The fourth-order valence-corrected chi connectivity index (χ4v) is 3.27. The Morgan fingerprint density at radius 1 is 1.17 bits per heavy atom. The molecule has 0 bridgehead atoms. The quantitative estimate of drug-likeness (QED) is 0.354. The Balaban J connectivity index is 2.15. The molecule has 1 aliphatic heterocycles. The number of hydrogen-bond acceptors (Lipinski definition) is 4. The lowest BCUT2D eigenvalue weighted by atomic mass is 10.2. The lowest BCUT2D eigenvalue weighted by Gasteiger charge is -2.34. The van der Waals surface area contributed by atoms with E-state index < -0.39 is 0 Å². The first-order valence-electron chi connectivity index (χ1n) is 9.37. The van der Waals surface area contributed by atoms with Gasteiger partial charge in [0, 0.05) is 38.1 Å². The van der Waals surface area contributed by atoms with Crippen LogP contribution in [0, 0.1) is 0 Å². The average Bonchev–Trinajstić information content (AvgIpc) is 2.72. The van der Waals surface area contributed by atoms with Crippen molar-refractivity contribution in [1.82, 2.24) is 15.1 Å². The van der Waals surface area contributed by atoms with Gasteiger partial charge in [0.25, 0.3) is 0 Å². The van der Waals surface area contributed by atoms with E-state index in [9.17, 15) is 0 Å². The highest BCUT2D eigenvalue weighted by atomic mass is 35.5. The van der Waals surface area contributed by atoms with Crippen LogP contribution in [0.4, 0.5) is 0 Å². The molecule has 0 aliphatic carbocycles. The Labute approximate surface area is 187 Å². The second kappa shape index (κ2) is 12.1. The predicted octanol–water partition coefficient (Wildman–Crippen LogP) is 2.92. The van der Waals surface area contributed by atoms with Gasteiger partial charge in [-0.2, -0.15) is 4.99 Å². The molecule has 1 aromatic rings. The van der Waals surface area contributed by atoms with Crippen LogP contribution in [-0.4, -0.2) is 54.9 Å². The summed E-state index contributed by atoms with van der Waals surface area (Å²) in [4.78, 5) is 13.0. The number of likely N-dealkylation sites (N-methyl/N-ethyl adjacent to an activating group) is 1. The van der Waals surface area contributed by atoms with Gasteiger partial charge in [-0.05, 0) is 18.7 Å². The number of rotatable bonds is 6. The summed E-state index contributed by atoms with van der Waals surface area (Å²) in [5.74, 6) is 0.653. The van der Waals surface area contributed by atoms with Crippen LogP contribution in [0.1, 0.15) is 5.56 Å². The van der Waals surface area contributed by atoms with Gasteiger partial charge in [0.05, 0.1) is 9.39 Å². The van der Waals surface area contributed by atoms with E-state index in [0.29, 0.717) is 21.0 Å². The van der Waals surface area contributed by atoms with Crippen LogP contribution in [0.5, 0.6) is 0 Å². The van der Waals surface area contributed by atoms with Crippen LogP contribution in [0.3, 0.4) is 0 Å². The second-order valence-electron chi connectivity index (χ2n) is 6.56. The third-order valence-corrected chi connectivity index (χ3v) is 5.17. The zero-order valence-electron chi connectivity index (χ0n) is 17.1. The summed E-state index contributed by atoms with van der Waals surface area (Å²) >= 11 is 7.00. The maximum atomic E-state index is 6.04. The number of nitrogens with zero attached hydrogens (tertiary/aromatic N) is 4. The molecule has 0 radical (unpaired) electrons. The standard InChI is InChI=1S/C21H28ClN7S/c1-16(9-10-18-7-5-4-6-8-18)25-21(29-13-11-28(3)12-14-29)27-20(24)26-17(2)30-19(22)15-23/h4-10,15H,1-2,11-14,23H2,3H3,(H3,24,25,26,27)/b10-9+,19-15-. The zero-order chi connectivity index (χ0) is 21.9. The Kier molecular flexibility index (Phi) is 9.53. The van der Waals surface area contributed by atoms with Crippen LogP contribution in [0.15, 0.2) is 80.8 Å². The Morgan fingerprint density at radius 2 is 1.83 bits per heavy atom. The summed E-state index contributed by atoms with van der Waals surface area (Å²) in [6, 6.07) is 10.00. The van der Waals surface area contributed by atoms with Crippen molar-refractivity contribution >= 4 is 41.4 Å². The number of allylic oxidation sites excluding steroid dienone is 1. The van der Waals surface area contributed by atoms with E-state index in [2.05, 4.69) is 45.3 Å². The number of hydrogen-bond donors (Lipinski definition) is 3. The van der Waals surface area contributed by atoms with Crippen LogP contribution in [-0.2, 0) is 0 Å². The van der Waals surface area contributed by atoms with Crippen molar-refractivity contribution in [3.8, 4) is 0 Å². The molecule has 1 saturated heterocycles. The molecule has 0 saturated carbocycles. The zero-order valence-corrected chi connectivity index (χ0v) is 18.7. The molecule has 0 unspecified atom stereocenters. The van der Waals surface area contributed by atoms with E-state index >= 15 is 0 Å². The molecular formula is C21H28ClN7S. The number of benzene rings is 1. The van der Waals surface area contributed by atoms with E-state index in [1.54, 1.807) is 0 Å². The Morgan fingerprint density at radius 3 is 2.47 bits per heavy atom. The van der Waals surface area contributed by atoms with E-state index in [4.69, 9.17) is 23.1 Å². The van der Waals surface area contributed by atoms with Crippen molar-refractivity contribution in [3.05, 3.63) is 76.4 Å². The van der Waals surface area contributed by atoms with Gasteiger partial charge in [0.1, 0.15) is 0 Å². The molecule has 2 rings (SSSR count). The molecule has 30 heavy (non-hydrogen) atoms. The van der Waals surface area contributed by atoms with E-state index in [1.165, 1.54) is 6.20 Å². The van der Waals surface area contributed by atoms with E-state index in [-0.39, 0.29) is 5.96 Å². The number of guanidine groups is 2. The highest BCUT2D eigenvalue weighted by molar-refractivity contribution is 8.08. The molecule has 0 spiro atoms. The molecule has 7 nitrogen and oxygen atoms in total. The molecule has 0 amide bonds. The summed E-state index contributed by atoms with van der Waals surface area (Å²) in [6.07, 6.45) is 5.15. The molecule has 0 atom stereocenters. The molecule has 1 fully saturated rings. The maximum Gasteiger partial charge on any atom is 0.224 e. The van der Waals surface area contributed by atoms with Crippen molar-refractivity contribution in [1.29, 1.82) is 0 Å². The number of nitrogens with one attached hydrogen (secondary N) is 1. The molecule has 9 heteroatoms. The van der Waals surface area contributed by atoms with Crippen molar-refractivity contribution in [2.45, 2.75) is 0 Å². The van der Waals surface area contributed by atoms with Crippen molar-refractivity contribution in [2.24, 2.45) is 21.5 Å². The van der Waals surface area contributed by atoms with Crippen LogP contribution < -0.4 is 16.8 Å². The lowest BCUT2D eigenvalue weighted by molar-refractivity contribution is 0.212. The van der Waals surface area contributed by atoms with Gasteiger partial charge < -0.3 is 26.6 Å². The predicted molar refractivity (Wildman–Crippen MR) is 131 cm³/mol. The number of aliphatic imine (C=N–C) groups is 2. The van der Waals surface area contributed by atoms with Gasteiger partial charge >= 0.3 is 0 Å². The van der Waals surface area contributed by atoms with Crippen LogP contribution >= 0.6 is 23.4 Å². The fourth-order valence-electron chi connectivity index (χ4n) is 2.57. The lowest BCUT2D eigenvalue weighted by Crippen LogP contribution is -2.51. The van der Waals surface area contributed by atoms with Crippen LogP contribution in [0.25, 0.3) is 6.08 Å². The monoisotopic (exact) mass is 445 g/mol. The largest absolute Gasteiger partial charge is 0.403 e. The number of piperazine rings is 1. The van der Waals surface area contributed by atoms with Crippen molar-refractivity contribution < 1.29 is 0 Å². The SMILES string of the molecule is C=C(/C=C/c1ccccc1)NC(=NC(N)=NC(=C)S/C(Cl)=C\N)N1CCN(C)CC1. The van der Waals surface area contributed by atoms with E-state index in [1.807, 2.05) is 42.5 Å². The topological polar surface area (TPSA) is 95.3 Å². The minimum absolute atomic E-state index is 0.0651. The third-order valence-electron chi connectivity index (χ3n) is 4.16. The summed E-state index contributed by atoms with van der Waals surface area (Å²) in [5.41, 5.74) is 13.2. The highest BCUT2D eigenvalue weighted by Crippen LogP contribution is 2.26. The summed E-state index contributed by atoms with van der Waals surface area (Å²) in [6.45, 7) is 11.4. The summed E-state index contributed by atoms with van der Waals surface area (Å²) in [5, 5.41) is 3.64. The van der Waals surface area contributed by atoms with Gasteiger partial charge in [-0.1, -0.05) is 72.9 Å². The first kappa shape index (κ1) is 23.6. The molecule has 5 N–H and O–H groups in total. The fraction of sp³-hybridized carbons (Fsp3) is 0.238. The number of halogens is 1. The normalized spacial score (nSPS) is 16.7. The minimum Gasteiger partial charge on any atom is -0.403 e. The molecular weight excluding hydrogens is 418 g/mol. The summed E-state index contributed by atoms with van der Waals surface area (Å²) < 4.78 is 0.359.